The van der Waals surface area contributed by atoms with E-state index in [0.717, 1.165) is 16.5 Å². The normalized spacial score (nSPS) is 12.4. The molecular weight excluding hydrogens is 305 g/mol. The molecule has 0 radical (unpaired) electrons. The first-order valence-corrected chi connectivity index (χ1v) is 7.16. The lowest BCUT2D eigenvalue weighted by atomic mass is 9.97. The first-order chi connectivity index (χ1) is 9.15. The van der Waals surface area contributed by atoms with Gasteiger partial charge in [0.25, 0.3) is 0 Å². The zero-order chi connectivity index (χ0) is 13.8. The summed E-state index contributed by atoms with van der Waals surface area (Å²) in [5.41, 5.74) is 3.01. The summed E-state index contributed by atoms with van der Waals surface area (Å²) in [6.07, 6.45) is 1.01. The van der Waals surface area contributed by atoms with Gasteiger partial charge in [-0.3, -0.25) is 0 Å². The average molecular weight is 322 g/mol. The molecule has 0 fully saturated rings. The molecule has 0 aliphatic rings. The van der Waals surface area contributed by atoms with Crippen molar-refractivity contribution in [2.75, 3.05) is 7.05 Å². The highest BCUT2D eigenvalue weighted by Crippen LogP contribution is 2.27. The predicted octanol–water partition coefficient (Wildman–Crippen LogP) is 4.46. The molecule has 0 aromatic heterocycles. The fourth-order valence-electron chi connectivity index (χ4n) is 2.18. The van der Waals surface area contributed by atoms with Crippen molar-refractivity contribution in [3.63, 3.8) is 0 Å². The van der Waals surface area contributed by atoms with E-state index >= 15 is 0 Å². The number of hydrogen-bond donors (Lipinski definition) is 1. The van der Waals surface area contributed by atoms with E-state index in [9.17, 15) is 4.39 Å². The summed E-state index contributed by atoms with van der Waals surface area (Å²) in [5, 5.41) is 3.18. The molecule has 100 valence electrons. The Bertz CT molecular complexity index is 551. The SMILES string of the molecule is CCc1ccc(C(NC)c2cc(Br)ccc2F)cc1. The molecule has 0 heterocycles. The molecule has 2 aromatic carbocycles. The van der Waals surface area contributed by atoms with Gasteiger partial charge in [-0.1, -0.05) is 47.1 Å². The van der Waals surface area contributed by atoms with Gasteiger partial charge in [0.05, 0.1) is 6.04 Å². The van der Waals surface area contributed by atoms with Gasteiger partial charge in [-0.2, -0.15) is 0 Å². The monoisotopic (exact) mass is 321 g/mol. The van der Waals surface area contributed by atoms with Crippen LogP contribution in [0, 0.1) is 5.82 Å². The Morgan fingerprint density at radius 3 is 2.42 bits per heavy atom. The first kappa shape index (κ1) is 14.2. The number of hydrogen-bond acceptors (Lipinski definition) is 1. The van der Waals surface area contributed by atoms with Gasteiger partial charge in [0.2, 0.25) is 0 Å². The number of aryl methyl sites for hydroxylation is 1. The minimum absolute atomic E-state index is 0.136. The van der Waals surface area contributed by atoms with E-state index in [4.69, 9.17) is 0 Å². The minimum Gasteiger partial charge on any atom is -0.309 e. The van der Waals surface area contributed by atoms with Crippen LogP contribution in [-0.4, -0.2) is 7.05 Å². The van der Waals surface area contributed by atoms with Crippen molar-refractivity contribution in [1.29, 1.82) is 0 Å². The molecule has 2 aromatic rings. The van der Waals surface area contributed by atoms with Gasteiger partial charge in [-0.15, -0.1) is 0 Å². The molecule has 1 unspecified atom stereocenters. The van der Waals surface area contributed by atoms with Crippen molar-refractivity contribution in [2.45, 2.75) is 19.4 Å². The molecule has 0 aliphatic carbocycles. The molecule has 19 heavy (non-hydrogen) atoms. The van der Waals surface area contributed by atoms with Crippen molar-refractivity contribution in [3.05, 3.63) is 69.4 Å². The van der Waals surface area contributed by atoms with Gasteiger partial charge < -0.3 is 5.32 Å². The van der Waals surface area contributed by atoms with Crippen LogP contribution in [0.15, 0.2) is 46.9 Å². The Kier molecular flexibility index (Phi) is 4.72. The maximum absolute atomic E-state index is 14.0. The van der Waals surface area contributed by atoms with Crippen LogP contribution in [0.1, 0.15) is 29.7 Å². The lowest BCUT2D eigenvalue weighted by molar-refractivity contribution is 0.575. The maximum Gasteiger partial charge on any atom is 0.128 e. The maximum atomic E-state index is 14.0. The Balaban J connectivity index is 2.40. The van der Waals surface area contributed by atoms with Crippen molar-refractivity contribution < 1.29 is 4.39 Å². The molecule has 0 aliphatic heterocycles. The van der Waals surface area contributed by atoms with Crippen LogP contribution < -0.4 is 5.32 Å². The third-order valence-corrected chi connectivity index (χ3v) is 3.77. The van der Waals surface area contributed by atoms with E-state index < -0.39 is 0 Å². The number of halogens is 2. The smallest absolute Gasteiger partial charge is 0.128 e. The van der Waals surface area contributed by atoms with Crippen LogP contribution in [0.25, 0.3) is 0 Å². The number of rotatable bonds is 4. The van der Waals surface area contributed by atoms with Crippen LogP contribution in [0.3, 0.4) is 0 Å². The summed E-state index contributed by atoms with van der Waals surface area (Å²) in [4.78, 5) is 0. The van der Waals surface area contributed by atoms with Gasteiger partial charge in [0, 0.05) is 10.0 Å². The second-order valence-electron chi connectivity index (χ2n) is 4.48. The van der Waals surface area contributed by atoms with E-state index in [1.807, 2.05) is 13.1 Å². The zero-order valence-electron chi connectivity index (χ0n) is 11.1. The Labute approximate surface area is 122 Å². The van der Waals surface area contributed by atoms with Crippen molar-refractivity contribution in [2.24, 2.45) is 0 Å². The Morgan fingerprint density at radius 1 is 1.16 bits per heavy atom. The third-order valence-electron chi connectivity index (χ3n) is 3.28. The van der Waals surface area contributed by atoms with Crippen molar-refractivity contribution in [1.82, 2.24) is 5.32 Å². The van der Waals surface area contributed by atoms with Gasteiger partial charge in [0.15, 0.2) is 0 Å². The molecular formula is C16H17BrFN. The molecule has 0 spiro atoms. The summed E-state index contributed by atoms with van der Waals surface area (Å²) in [6.45, 7) is 2.12. The predicted molar refractivity (Wildman–Crippen MR) is 80.8 cm³/mol. The minimum atomic E-state index is -0.192. The van der Waals surface area contributed by atoms with E-state index in [1.165, 1.54) is 11.6 Å². The van der Waals surface area contributed by atoms with Gasteiger partial charge in [0.1, 0.15) is 5.82 Å². The van der Waals surface area contributed by atoms with Crippen molar-refractivity contribution in [3.8, 4) is 0 Å². The molecule has 0 bridgehead atoms. The van der Waals surface area contributed by atoms with Gasteiger partial charge >= 0.3 is 0 Å². The largest absolute Gasteiger partial charge is 0.309 e. The summed E-state index contributed by atoms with van der Waals surface area (Å²) in [6, 6.07) is 13.2. The zero-order valence-corrected chi connectivity index (χ0v) is 12.7. The van der Waals surface area contributed by atoms with Gasteiger partial charge in [-0.25, -0.2) is 4.39 Å². The third kappa shape index (κ3) is 3.23. The molecule has 2 rings (SSSR count). The highest BCUT2D eigenvalue weighted by molar-refractivity contribution is 9.10. The van der Waals surface area contributed by atoms with E-state index in [1.54, 1.807) is 6.07 Å². The summed E-state index contributed by atoms with van der Waals surface area (Å²) in [7, 11) is 1.85. The lowest BCUT2D eigenvalue weighted by Crippen LogP contribution is -2.19. The number of nitrogens with one attached hydrogen (secondary N) is 1. The molecule has 3 heteroatoms. The molecule has 0 saturated heterocycles. The highest BCUT2D eigenvalue weighted by atomic mass is 79.9. The Morgan fingerprint density at radius 2 is 1.84 bits per heavy atom. The van der Waals surface area contributed by atoms with Crippen LogP contribution in [0.5, 0.6) is 0 Å². The standard InChI is InChI=1S/C16H17BrFN/c1-3-11-4-6-12(7-5-11)16(19-2)14-10-13(17)8-9-15(14)18/h4-10,16,19H,3H2,1-2H3. The summed E-state index contributed by atoms with van der Waals surface area (Å²) in [5.74, 6) is -0.192. The average Bonchev–Trinajstić information content (AvgIpc) is 2.44. The van der Waals surface area contributed by atoms with E-state index in [-0.39, 0.29) is 11.9 Å². The lowest BCUT2D eigenvalue weighted by Gasteiger charge is -2.18. The molecule has 0 saturated carbocycles. The topological polar surface area (TPSA) is 12.0 Å². The van der Waals surface area contributed by atoms with Gasteiger partial charge in [-0.05, 0) is 42.8 Å². The second kappa shape index (κ2) is 6.31. The van der Waals surface area contributed by atoms with E-state index in [2.05, 4.69) is 52.4 Å². The van der Waals surface area contributed by atoms with Crippen LogP contribution in [0.4, 0.5) is 4.39 Å². The highest BCUT2D eigenvalue weighted by Gasteiger charge is 2.16. The van der Waals surface area contributed by atoms with Crippen LogP contribution in [0.2, 0.25) is 0 Å². The summed E-state index contributed by atoms with van der Waals surface area (Å²) >= 11 is 3.39. The molecule has 1 atom stereocenters. The fraction of sp³-hybridized carbons (Fsp3) is 0.250. The molecule has 1 N–H and O–H groups in total. The van der Waals surface area contributed by atoms with E-state index in [0.29, 0.717) is 5.56 Å². The Hall–Kier alpha value is -1.19. The van der Waals surface area contributed by atoms with Crippen molar-refractivity contribution >= 4 is 15.9 Å². The molecule has 0 amide bonds. The van der Waals surface area contributed by atoms with Crippen LogP contribution >= 0.6 is 15.9 Å². The number of benzene rings is 2. The molecule has 1 nitrogen and oxygen atoms in total. The van der Waals surface area contributed by atoms with Crippen LogP contribution in [-0.2, 0) is 6.42 Å². The fourth-order valence-corrected chi connectivity index (χ4v) is 2.56. The quantitative estimate of drug-likeness (QED) is 0.876. The first-order valence-electron chi connectivity index (χ1n) is 6.36. The second-order valence-corrected chi connectivity index (χ2v) is 5.40. The summed E-state index contributed by atoms with van der Waals surface area (Å²) < 4.78 is 14.9.